The minimum Gasteiger partial charge on any atom is -0.249 e. The Labute approximate surface area is 52.5 Å². The van der Waals surface area contributed by atoms with E-state index in [-0.39, 0.29) is 0 Å². The third kappa shape index (κ3) is 0.918. The quantitative estimate of drug-likeness (QED) is 0.553. The van der Waals surface area contributed by atoms with E-state index in [1.165, 1.54) is 4.68 Å². The molecule has 50 valence electrons. The molecule has 0 spiro atoms. The average molecular weight is 129 g/mol. The molecule has 4 heteroatoms. The summed E-state index contributed by atoms with van der Waals surface area (Å²) in [5.74, 6) is -0.458. The smallest absolute Gasteiger partial charge is 0.249 e. The molecule has 0 aliphatic rings. The molecule has 0 N–H and O–H groups in total. The molecule has 0 saturated carbocycles. The lowest BCUT2D eigenvalue weighted by Crippen LogP contribution is -1.96. The summed E-state index contributed by atoms with van der Waals surface area (Å²) < 4.78 is 13.9. The van der Waals surface area contributed by atoms with E-state index in [1.807, 2.05) is 6.92 Å². The molecule has 0 unspecified atom stereocenters. The second kappa shape index (κ2) is 2.13. The van der Waals surface area contributed by atoms with E-state index < -0.39 is 5.95 Å². The first kappa shape index (κ1) is 6.19. The molecule has 0 aliphatic heterocycles. The van der Waals surface area contributed by atoms with Crippen molar-refractivity contribution in [1.29, 1.82) is 0 Å². The van der Waals surface area contributed by atoms with Gasteiger partial charge in [-0.25, -0.2) is 4.68 Å². The third-order valence-corrected chi connectivity index (χ3v) is 1.23. The topological polar surface area (TPSA) is 30.7 Å². The molecule has 0 radical (unpaired) electrons. The molecular weight excluding hydrogens is 121 g/mol. The van der Waals surface area contributed by atoms with Crippen molar-refractivity contribution >= 4 is 0 Å². The highest BCUT2D eigenvalue weighted by Crippen LogP contribution is 2.00. The van der Waals surface area contributed by atoms with Gasteiger partial charge in [-0.15, -0.1) is 0 Å². The number of aryl methyl sites for hydroxylation is 1. The molecule has 1 aromatic rings. The van der Waals surface area contributed by atoms with E-state index in [0.29, 0.717) is 12.1 Å². The van der Waals surface area contributed by atoms with Gasteiger partial charge in [0.05, 0.1) is 5.69 Å². The first-order chi connectivity index (χ1) is 4.25. The fraction of sp³-hybridized carbons (Fsp3) is 0.600. The van der Waals surface area contributed by atoms with Gasteiger partial charge in [0.25, 0.3) is 5.95 Å². The third-order valence-electron chi connectivity index (χ3n) is 1.23. The van der Waals surface area contributed by atoms with Gasteiger partial charge in [-0.05, 0) is 6.42 Å². The minimum atomic E-state index is -0.458. The van der Waals surface area contributed by atoms with Crippen LogP contribution in [-0.2, 0) is 13.5 Å². The predicted octanol–water partition coefficient (Wildman–Crippen LogP) is 0.517. The van der Waals surface area contributed by atoms with Gasteiger partial charge in [0.1, 0.15) is 0 Å². The van der Waals surface area contributed by atoms with Crippen LogP contribution in [0.1, 0.15) is 12.6 Å². The average Bonchev–Trinajstić information content (AvgIpc) is 2.12. The number of rotatable bonds is 1. The lowest BCUT2D eigenvalue weighted by Gasteiger charge is -1.91. The molecule has 3 nitrogen and oxygen atoms in total. The van der Waals surface area contributed by atoms with Gasteiger partial charge in [0.15, 0.2) is 0 Å². The molecule has 0 amide bonds. The minimum absolute atomic E-state index is 0.458. The van der Waals surface area contributed by atoms with Crippen molar-refractivity contribution < 1.29 is 4.39 Å². The highest BCUT2D eigenvalue weighted by atomic mass is 19.1. The molecule has 0 saturated heterocycles. The maximum atomic E-state index is 12.4. The molecule has 0 aromatic carbocycles. The van der Waals surface area contributed by atoms with Crippen LogP contribution in [0.25, 0.3) is 0 Å². The van der Waals surface area contributed by atoms with Crippen LogP contribution in [0.4, 0.5) is 4.39 Å². The van der Waals surface area contributed by atoms with Gasteiger partial charge in [-0.2, -0.15) is 4.39 Å². The fourth-order valence-corrected chi connectivity index (χ4v) is 0.726. The molecule has 1 heterocycles. The largest absolute Gasteiger partial charge is 0.255 e. The summed E-state index contributed by atoms with van der Waals surface area (Å²) in [6.07, 6.45) is 0.634. The van der Waals surface area contributed by atoms with Crippen molar-refractivity contribution in [3.63, 3.8) is 0 Å². The number of hydrogen-bond acceptors (Lipinski definition) is 2. The number of nitrogens with zero attached hydrogens (tertiary/aromatic N) is 3. The van der Waals surface area contributed by atoms with Gasteiger partial charge in [0.2, 0.25) is 0 Å². The van der Waals surface area contributed by atoms with Crippen molar-refractivity contribution in [2.75, 3.05) is 0 Å². The Morgan fingerprint density at radius 1 is 1.67 bits per heavy atom. The maximum absolute atomic E-state index is 12.4. The number of aromatic nitrogens is 3. The summed E-state index contributed by atoms with van der Waals surface area (Å²) in [5.41, 5.74) is 0.551. The van der Waals surface area contributed by atoms with E-state index >= 15 is 0 Å². The van der Waals surface area contributed by atoms with Crippen LogP contribution in [-0.4, -0.2) is 15.0 Å². The summed E-state index contributed by atoms with van der Waals surface area (Å²) in [4.78, 5) is 0. The van der Waals surface area contributed by atoms with Gasteiger partial charge >= 0.3 is 0 Å². The normalized spacial score (nSPS) is 10.1. The summed E-state index contributed by atoms with van der Waals surface area (Å²) in [5, 5.41) is 6.71. The van der Waals surface area contributed by atoms with Crippen molar-refractivity contribution in [1.82, 2.24) is 15.0 Å². The molecular formula is C5H8FN3. The van der Waals surface area contributed by atoms with Crippen LogP contribution in [0.15, 0.2) is 0 Å². The van der Waals surface area contributed by atoms with Gasteiger partial charge < -0.3 is 0 Å². The SMILES string of the molecule is CCc1c(F)nnn1C. The van der Waals surface area contributed by atoms with Crippen LogP contribution < -0.4 is 0 Å². The summed E-state index contributed by atoms with van der Waals surface area (Å²) in [7, 11) is 1.68. The van der Waals surface area contributed by atoms with Crippen molar-refractivity contribution in [3.05, 3.63) is 11.6 Å². The van der Waals surface area contributed by atoms with E-state index in [4.69, 9.17) is 0 Å². The standard InChI is InChI=1S/C5H8FN3/c1-3-4-5(6)7-8-9(4)2/h3H2,1-2H3. The van der Waals surface area contributed by atoms with E-state index in [1.54, 1.807) is 7.05 Å². The second-order valence-corrected chi connectivity index (χ2v) is 1.80. The van der Waals surface area contributed by atoms with Crippen molar-refractivity contribution in [3.8, 4) is 0 Å². The predicted molar refractivity (Wildman–Crippen MR) is 30.3 cm³/mol. The molecule has 0 aliphatic carbocycles. The van der Waals surface area contributed by atoms with Crippen molar-refractivity contribution in [2.45, 2.75) is 13.3 Å². The molecule has 9 heavy (non-hydrogen) atoms. The molecule has 1 aromatic heterocycles. The summed E-state index contributed by atoms with van der Waals surface area (Å²) in [6.45, 7) is 1.86. The Bertz CT molecular complexity index is 186. The second-order valence-electron chi connectivity index (χ2n) is 1.80. The lowest BCUT2D eigenvalue weighted by atomic mass is 10.4. The Balaban J connectivity index is 3.07. The molecule has 0 fully saturated rings. The van der Waals surface area contributed by atoms with Gasteiger partial charge in [0, 0.05) is 7.05 Å². The van der Waals surface area contributed by atoms with Crippen LogP contribution in [0.2, 0.25) is 0 Å². The lowest BCUT2D eigenvalue weighted by molar-refractivity contribution is 0.567. The summed E-state index contributed by atoms with van der Waals surface area (Å²) >= 11 is 0. The Morgan fingerprint density at radius 2 is 2.33 bits per heavy atom. The molecule has 1 rings (SSSR count). The monoisotopic (exact) mass is 129 g/mol. The number of hydrogen-bond donors (Lipinski definition) is 0. The maximum Gasteiger partial charge on any atom is 0.255 e. The van der Waals surface area contributed by atoms with E-state index in [9.17, 15) is 4.39 Å². The zero-order valence-electron chi connectivity index (χ0n) is 5.43. The number of halogens is 1. The Morgan fingerprint density at radius 3 is 2.56 bits per heavy atom. The highest BCUT2D eigenvalue weighted by Gasteiger charge is 2.05. The van der Waals surface area contributed by atoms with E-state index in [2.05, 4.69) is 10.3 Å². The first-order valence-electron chi connectivity index (χ1n) is 2.79. The van der Waals surface area contributed by atoms with Crippen LogP contribution in [0.3, 0.4) is 0 Å². The van der Waals surface area contributed by atoms with Gasteiger partial charge in [-0.1, -0.05) is 17.2 Å². The molecule has 0 bridgehead atoms. The molecule has 0 atom stereocenters. The first-order valence-corrected chi connectivity index (χ1v) is 2.79. The zero-order chi connectivity index (χ0) is 6.85. The highest BCUT2D eigenvalue weighted by molar-refractivity contribution is 4.95. The summed E-state index contributed by atoms with van der Waals surface area (Å²) in [6, 6.07) is 0. The van der Waals surface area contributed by atoms with E-state index in [0.717, 1.165) is 0 Å². The van der Waals surface area contributed by atoms with Crippen LogP contribution >= 0.6 is 0 Å². The van der Waals surface area contributed by atoms with Gasteiger partial charge in [-0.3, -0.25) is 0 Å². The Hall–Kier alpha value is -0.930. The van der Waals surface area contributed by atoms with Crippen LogP contribution in [0.5, 0.6) is 0 Å². The fourth-order valence-electron chi connectivity index (χ4n) is 0.726. The Kier molecular flexibility index (Phi) is 1.46. The van der Waals surface area contributed by atoms with Crippen LogP contribution in [0, 0.1) is 5.95 Å². The zero-order valence-corrected chi connectivity index (χ0v) is 5.43. The van der Waals surface area contributed by atoms with Crippen molar-refractivity contribution in [2.24, 2.45) is 7.05 Å².